The lowest BCUT2D eigenvalue weighted by molar-refractivity contribution is 0.0785. The first-order chi connectivity index (χ1) is 9.74. The number of carbonyl (C=O) groups excluding carboxylic acids is 1. The molecular formula is C17H18N2O. The number of benzene rings is 2. The molecule has 0 bridgehead atoms. The normalized spacial score (nSPS) is 12.7. The van der Waals surface area contributed by atoms with Gasteiger partial charge in [-0.3, -0.25) is 4.79 Å². The number of fused-ring (bicyclic) bond motifs is 1. The second-order valence-electron chi connectivity index (χ2n) is 5.20. The summed E-state index contributed by atoms with van der Waals surface area (Å²) in [6, 6.07) is 16.0. The summed E-state index contributed by atoms with van der Waals surface area (Å²) in [6.45, 7) is 1.60. The highest BCUT2D eigenvalue weighted by molar-refractivity contribution is 5.94. The quantitative estimate of drug-likeness (QED) is 0.926. The van der Waals surface area contributed by atoms with Crippen LogP contribution in [0.2, 0.25) is 0 Å². The number of nitrogens with one attached hydrogen (secondary N) is 1. The molecule has 0 atom stereocenters. The van der Waals surface area contributed by atoms with Crippen LogP contribution < -0.4 is 5.32 Å². The molecule has 20 heavy (non-hydrogen) atoms. The number of hydrogen-bond donors (Lipinski definition) is 1. The van der Waals surface area contributed by atoms with Crippen LogP contribution in [0.4, 0.5) is 5.69 Å². The Kier molecular flexibility index (Phi) is 3.42. The zero-order chi connectivity index (χ0) is 13.9. The monoisotopic (exact) mass is 266 g/mol. The zero-order valence-electron chi connectivity index (χ0n) is 11.6. The van der Waals surface area contributed by atoms with Gasteiger partial charge in [-0.2, -0.15) is 0 Å². The number of hydrogen-bond acceptors (Lipinski definition) is 2. The van der Waals surface area contributed by atoms with Crippen molar-refractivity contribution in [1.29, 1.82) is 0 Å². The van der Waals surface area contributed by atoms with Gasteiger partial charge < -0.3 is 10.2 Å². The van der Waals surface area contributed by atoms with Crippen LogP contribution in [0.5, 0.6) is 0 Å². The first-order valence-electron chi connectivity index (χ1n) is 6.90. The minimum atomic E-state index is 0.0727. The Bertz CT molecular complexity index is 622. The van der Waals surface area contributed by atoms with Crippen LogP contribution >= 0.6 is 0 Å². The Morgan fingerprint density at radius 3 is 2.80 bits per heavy atom. The molecule has 0 aromatic heterocycles. The molecule has 3 rings (SSSR count). The Labute approximate surface area is 119 Å². The molecule has 1 heterocycles. The fraction of sp³-hybridized carbons (Fsp3) is 0.235. The van der Waals surface area contributed by atoms with Gasteiger partial charge in [0.15, 0.2) is 0 Å². The molecule has 1 amide bonds. The summed E-state index contributed by atoms with van der Waals surface area (Å²) in [6.07, 6.45) is 0.999. The summed E-state index contributed by atoms with van der Waals surface area (Å²) in [4.78, 5) is 14.2. The molecule has 0 aliphatic carbocycles. The Balaban J connectivity index is 1.75. The van der Waals surface area contributed by atoms with Gasteiger partial charge in [0, 0.05) is 31.4 Å². The lowest BCUT2D eigenvalue weighted by atomic mass is 10.1. The van der Waals surface area contributed by atoms with Gasteiger partial charge in [0.25, 0.3) is 5.91 Å². The van der Waals surface area contributed by atoms with Crippen molar-refractivity contribution in [1.82, 2.24) is 4.90 Å². The average Bonchev–Trinajstić information content (AvgIpc) is 2.94. The highest BCUT2D eigenvalue weighted by Gasteiger charge is 2.16. The number of carbonyl (C=O) groups is 1. The number of amides is 1. The van der Waals surface area contributed by atoms with Gasteiger partial charge in [0.1, 0.15) is 0 Å². The molecule has 2 aromatic carbocycles. The van der Waals surface area contributed by atoms with Crippen molar-refractivity contribution in [3.63, 3.8) is 0 Å². The molecule has 3 nitrogen and oxygen atoms in total. The zero-order valence-corrected chi connectivity index (χ0v) is 11.6. The SMILES string of the molecule is CN(Cc1ccccc1)C(=O)c1ccc2c(c1)CCN2. The van der Waals surface area contributed by atoms with E-state index in [1.165, 1.54) is 5.56 Å². The molecular weight excluding hydrogens is 248 g/mol. The first-order valence-corrected chi connectivity index (χ1v) is 6.90. The fourth-order valence-corrected chi connectivity index (χ4v) is 2.59. The maximum absolute atomic E-state index is 12.5. The molecule has 0 saturated heterocycles. The molecule has 1 N–H and O–H groups in total. The summed E-state index contributed by atoms with van der Waals surface area (Å²) < 4.78 is 0. The van der Waals surface area contributed by atoms with Crippen LogP contribution in [-0.4, -0.2) is 24.4 Å². The Morgan fingerprint density at radius 1 is 1.20 bits per heavy atom. The maximum atomic E-state index is 12.5. The van der Waals surface area contributed by atoms with Gasteiger partial charge in [0.2, 0.25) is 0 Å². The van der Waals surface area contributed by atoms with E-state index in [0.29, 0.717) is 6.54 Å². The van der Waals surface area contributed by atoms with E-state index in [9.17, 15) is 4.79 Å². The van der Waals surface area contributed by atoms with E-state index in [2.05, 4.69) is 5.32 Å². The van der Waals surface area contributed by atoms with Crippen molar-refractivity contribution in [2.75, 3.05) is 18.9 Å². The smallest absolute Gasteiger partial charge is 0.253 e. The van der Waals surface area contributed by atoms with Crippen molar-refractivity contribution in [3.05, 3.63) is 65.2 Å². The predicted molar refractivity (Wildman–Crippen MR) is 80.9 cm³/mol. The molecule has 102 valence electrons. The number of rotatable bonds is 3. The summed E-state index contributed by atoms with van der Waals surface area (Å²) >= 11 is 0. The molecule has 3 heteroatoms. The minimum Gasteiger partial charge on any atom is -0.384 e. The van der Waals surface area contributed by atoms with Crippen LogP contribution in [0, 0.1) is 0 Å². The number of anilines is 1. The van der Waals surface area contributed by atoms with Crippen molar-refractivity contribution < 1.29 is 4.79 Å². The fourth-order valence-electron chi connectivity index (χ4n) is 2.59. The third kappa shape index (κ3) is 2.52. The third-order valence-electron chi connectivity index (χ3n) is 3.67. The van der Waals surface area contributed by atoms with Crippen LogP contribution in [0.3, 0.4) is 0 Å². The van der Waals surface area contributed by atoms with Crippen LogP contribution in [0.15, 0.2) is 48.5 Å². The molecule has 0 unspecified atom stereocenters. The topological polar surface area (TPSA) is 32.3 Å². The summed E-state index contributed by atoms with van der Waals surface area (Å²) in [5.41, 5.74) is 4.31. The van der Waals surface area contributed by atoms with Crippen LogP contribution in [0.25, 0.3) is 0 Å². The van der Waals surface area contributed by atoms with E-state index in [4.69, 9.17) is 0 Å². The van der Waals surface area contributed by atoms with Crippen molar-refractivity contribution in [3.8, 4) is 0 Å². The van der Waals surface area contributed by atoms with E-state index in [0.717, 1.165) is 29.8 Å². The van der Waals surface area contributed by atoms with Gasteiger partial charge >= 0.3 is 0 Å². The summed E-state index contributed by atoms with van der Waals surface area (Å²) in [5.74, 6) is 0.0727. The molecule has 0 saturated carbocycles. The molecule has 1 aliphatic rings. The highest BCUT2D eigenvalue weighted by atomic mass is 16.2. The van der Waals surface area contributed by atoms with E-state index in [-0.39, 0.29) is 5.91 Å². The van der Waals surface area contributed by atoms with Crippen molar-refractivity contribution in [2.24, 2.45) is 0 Å². The summed E-state index contributed by atoms with van der Waals surface area (Å²) in [7, 11) is 1.85. The van der Waals surface area contributed by atoms with E-state index < -0.39 is 0 Å². The molecule has 0 fully saturated rings. The average molecular weight is 266 g/mol. The molecule has 0 spiro atoms. The van der Waals surface area contributed by atoms with E-state index >= 15 is 0 Å². The third-order valence-corrected chi connectivity index (χ3v) is 3.67. The summed E-state index contributed by atoms with van der Waals surface area (Å²) in [5, 5.41) is 3.31. The van der Waals surface area contributed by atoms with Gasteiger partial charge in [-0.25, -0.2) is 0 Å². The van der Waals surface area contributed by atoms with Gasteiger partial charge in [-0.1, -0.05) is 30.3 Å². The minimum absolute atomic E-state index is 0.0727. The standard InChI is InChI=1S/C17H18N2O/c1-19(12-13-5-3-2-4-6-13)17(20)15-7-8-16-14(11-15)9-10-18-16/h2-8,11,18H,9-10,12H2,1H3. The molecule has 2 aromatic rings. The van der Waals surface area contributed by atoms with Crippen LogP contribution in [-0.2, 0) is 13.0 Å². The van der Waals surface area contributed by atoms with Gasteiger partial charge in [-0.05, 0) is 35.7 Å². The first kappa shape index (κ1) is 12.7. The van der Waals surface area contributed by atoms with E-state index in [1.54, 1.807) is 4.90 Å². The lowest BCUT2D eigenvalue weighted by Crippen LogP contribution is -2.26. The van der Waals surface area contributed by atoms with Gasteiger partial charge in [-0.15, -0.1) is 0 Å². The lowest BCUT2D eigenvalue weighted by Gasteiger charge is -2.17. The predicted octanol–water partition coefficient (Wildman–Crippen LogP) is 2.93. The second-order valence-corrected chi connectivity index (χ2v) is 5.20. The second kappa shape index (κ2) is 5.37. The highest BCUT2D eigenvalue weighted by Crippen LogP contribution is 2.23. The molecule has 0 radical (unpaired) electrons. The number of nitrogens with zero attached hydrogens (tertiary/aromatic N) is 1. The molecule has 1 aliphatic heterocycles. The van der Waals surface area contributed by atoms with Crippen molar-refractivity contribution in [2.45, 2.75) is 13.0 Å². The van der Waals surface area contributed by atoms with Crippen molar-refractivity contribution >= 4 is 11.6 Å². The van der Waals surface area contributed by atoms with Crippen LogP contribution in [0.1, 0.15) is 21.5 Å². The Hall–Kier alpha value is -2.29. The maximum Gasteiger partial charge on any atom is 0.253 e. The van der Waals surface area contributed by atoms with E-state index in [1.807, 2.05) is 55.6 Å². The Morgan fingerprint density at radius 2 is 2.00 bits per heavy atom. The largest absolute Gasteiger partial charge is 0.384 e. The van der Waals surface area contributed by atoms with Gasteiger partial charge in [0.05, 0.1) is 0 Å².